The van der Waals surface area contributed by atoms with E-state index in [1.165, 1.54) is 12.1 Å². The number of hydrogen-bond donors (Lipinski definition) is 2. The van der Waals surface area contributed by atoms with Crippen molar-refractivity contribution in [3.8, 4) is 0 Å². The Kier molecular flexibility index (Phi) is 5.40. The van der Waals surface area contributed by atoms with Crippen molar-refractivity contribution in [3.05, 3.63) is 34.4 Å². The van der Waals surface area contributed by atoms with Crippen molar-refractivity contribution in [1.82, 2.24) is 4.72 Å². The SMILES string of the molecule is CCCC(N)CNS(=O)(=O)c1ccc([N+](=O)[O-])cc1. The summed E-state index contributed by atoms with van der Waals surface area (Å²) in [6, 6.07) is 4.47. The third-order valence-corrected chi connectivity index (χ3v) is 3.99. The van der Waals surface area contributed by atoms with Crippen LogP contribution in [0.4, 0.5) is 5.69 Å². The lowest BCUT2D eigenvalue weighted by Crippen LogP contribution is -2.37. The number of nitrogens with two attached hydrogens (primary N) is 1. The molecule has 8 heteroatoms. The van der Waals surface area contributed by atoms with Crippen LogP contribution in [-0.4, -0.2) is 25.9 Å². The standard InChI is InChI=1S/C11H17N3O4S/c1-2-3-9(12)8-13-19(17,18)11-6-4-10(5-7-11)14(15)16/h4-7,9,13H,2-3,8,12H2,1H3. The van der Waals surface area contributed by atoms with E-state index in [0.29, 0.717) is 0 Å². The fourth-order valence-electron chi connectivity index (χ4n) is 1.52. The van der Waals surface area contributed by atoms with Crippen LogP contribution in [0.5, 0.6) is 0 Å². The zero-order chi connectivity index (χ0) is 14.5. The van der Waals surface area contributed by atoms with Crippen molar-refractivity contribution in [2.75, 3.05) is 6.54 Å². The van der Waals surface area contributed by atoms with Gasteiger partial charge in [0.15, 0.2) is 0 Å². The van der Waals surface area contributed by atoms with Gasteiger partial charge in [0, 0.05) is 24.7 Å². The fourth-order valence-corrected chi connectivity index (χ4v) is 2.61. The summed E-state index contributed by atoms with van der Waals surface area (Å²) in [5, 5.41) is 10.5. The van der Waals surface area contributed by atoms with E-state index in [1.807, 2.05) is 6.92 Å². The van der Waals surface area contributed by atoms with E-state index in [1.54, 1.807) is 0 Å². The molecule has 0 spiro atoms. The van der Waals surface area contributed by atoms with E-state index in [-0.39, 0.29) is 23.2 Å². The van der Waals surface area contributed by atoms with Crippen LogP contribution in [0.3, 0.4) is 0 Å². The summed E-state index contributed by atoms with van der Waals surface area (Å²) >= 11 is 0. The lowest BCUT2D eigenvalue weighted by molar-refractivity contribution is -0.384. The molecule has 1 rings (SSSR count). The summed E-state index contributed by atoms with van der Waals surface area (Å²) in [5.74, 6) is 0. The summed E-state index contributed by atoms with van der Waals surface area (Å²) in [4.78, 5) is 9.88. The molecule has 1 atom stereocenters. The molecule has 0 saturated heterocycles. The maximum Gasteiger partial charge on any atom is 0.269 e. The lowest BCUT2D eigenvalue weighted by atomic mass is 10.2. The molecule has 0 aromatic heterocycles. The Morgan fingerprint density at radius 2 is 1.95 bits per heavy atom. The van der Waals surface area contributed by atoms with Gasteiger partial charge in [-0.15, -0.1) is 0 Å². The van der Waals surface area contributed by atoms with Crippen LogP contribution in [0.25, 0.3) is 0 Å². The van der Waals surface area contributed by atoms with Gasteiger partial charge in [0.2, 0.25) is 10.0 Å². The number of nitro groups is 1. The van der Waals surface area contributed by atoms with Gasteiger partial charge < -0.3 is 5.73 Å². The van der Waals surface area contributed by atoms with Gasteiger partial charge in [-0.05, 0) is 18.6 Å². The first-order valence-electron chi connectivity index (χ1n) is 5.86. The molecule has 1 aromatic rings. The lowest BCUT2D eigenvalue weighted by Gasteiger charge is -2.11. The molecule has 7 nitrogen and oxygen atoms in total. The number of nitrogens with one attached hydrogen (secondary N) is 1. The van der Waals surface area contributed by atoms with Gasteiger partial charge in [-0.3, -0.25) is 10.1 Å². The van der Waals surface area contributed by atoms with Gasteiger partial charge in [0.25, 0.3) is 5.69 Å². The summed E-state index contributed by atoms with van der Waals surface area (Å²) in [7, 11) is -3.67. The molecule has 0 heterocycles. The van der Waals surface area contributed by atoms with Gasteiger partial charge in [-0.2, -0.15) is 0 Å². The van der Waals surface area contributed by atoms with E-state index < -0.39 is 14.9 Å². The molecule has 3 N–H and O–H groups in total. The van der Waals surface area contributed by atoms with E-state index in [0.717, 1.165) is 25.0 Å². The minimum Gasteiger partial charge on any atom is -0.327 e. The Hall–Kier alpha value is -1.51. The van der Waals surface area contributed by atoms with E-state index in [4.69, 9.17) is 5.73 Å². The van der Waals surface area contributed by atoms with E-state index in [9.17, 15) is 18.5 Å². The Labute approximate surface area is 112 Å². The molecule has 0 bridgehead atoms. The average Bonchev–Trinajstić information content (AvgIpc) is 2.37. The Morgan fingerprint density at radius 3 is 2.42 bits per heavy atom. The first-order valence-corrected chi connectivity index (χ1v) is 7.35. The van der Waals surface area contributed by atoms with Crippen molar-refractivity contribution in [2.45, 2.75) is 30.7 Å². The number of sulfonamides is 1. The molecule has 106 valence electrons. The molecule has 1 aromatic carbocycles. The minimum atomic E-state index is -3.67. The van der Waals surface area contributed by atoms with Gasteiger partial charge in [-0.25, -0.2) is 13.1 Å². The van der Waals surface area contributed by atoms with Crippen LogP contribution in [0.2, 0.25) is 0 Å². The molecule has 1 unspecified atom stereocenters. The molecular weight excluding hydrogens is 270 g/mol. The molecule has 0 aliphatic heterocycles. The third-order valence-electron chi connectivity index (χ3n) is 2.55. The highest BCUT2D eigenvalue weighted by molar-refractivity contribution is 7.89. The van der Waals surface area contributed by atoms with Crippen molar-refractivity contribution in [2.24, 2.45) is 5.73 Å². The second-order valence-electron chi connectivity index (χ2n) is 4.15. The number of nitrogens with zero attached hydrogens (tertiary/aromatic N) is 1. The molecular formula is C11H17N3O4S. The van der Waals surface area contributed by atoms with Crippen LogP contribution in [0, 0.1) is 10.1 Å². The predicted molar refractivity (Wildman–Crippen MR) is 71.2 cm³/mol. The van der Waals surface area contributed by atoms with Crippen molar-refractivity contribution < 1.29 is 13.3 Å². The second kappa shape index (κ2) is 6.60. The number of benzene rings is 1. The van der Waals surface area contributed by atoms with Crippen molar-refractivity contribution >= 4 is 15.7 Å². The predicted octanol–water partition coefficient (Wildman–Crippen LogP) is 1.00. The van der Waals surface area contributed by atoms with Crippen LogP contribution in [0.15, 0.2) is 29.2 Å². The maximum atomic E-state index is 11.9. The first kappa shape index (κ1) is 15.5. The second-order valence-corrected chi connectivity index (χ2v) is 5.92. The van der Waals surface area contributed by atoms with Gasteiger partial charge >= 0.3 is 0 Å². The highest BCUT2D eigenvalue weighted by atomic mass is 32.2. The normalized spacial score (nSPS) is 13.2. The average molecular weight is 287 g/mol. The Bertz CT molecular complexity index is 527. The number of non-ortho nitro benzene ring substituents is 1. The van der Waals surface area contributed by atoms with Crippen LogP contribution in [0.1, 0.15) is 19.8 Å². The summed E-state index contributed by atoms with van der Waals surface area (Å²) in [6.45, 7) is 2.11. The summed E-state index contributed by atoms with van der Waals surface area (Å²) in [6.07, 6.45) is 1.60. The van der Waals surface area contributed by atoms with Gasteiger partial charge in [0.05, 0.1) is 9.82 Å². The number of nitro benzene ring substituents is 1. The first-order chi connectivity index (χ1) is 8.86. The monoisotopic (exact) mass is 287 g/mol. The van der Waals surface area contributed by atoms with E-state index >= 15 is 0 Å². The van der Waals surface area contributed by atoms with Gasteiger partial charge in [0.1, 0.15) is 0 Å². The molecule has 0 fully saturated rings. The van der Waals surface area contributed by atoms with Crippen LogP contribution in [-0.2, 0) is 10.0 Å². The van der Waals surface area contributed by atoms with E-state index in [2.05, 4.69) is 4.72 Å². The largest absolute Gasteiger partial charge is 0.327 e. The summed E-state index contributed by atoms with van der Waals surface area (Å²) < 4.78 is 26.2. The quantitative estimate of drug-likeness (QED) is 0.573. The van der Waals surface area contributed by atoms with Gasteiger partial charge in [-0.1, -0.05) is 13.3 Å². The molecule has 0 aliphatic carbocycles. The fraction of sp³-hybridized carbons (Fsp3) is 0.455. The summed E-state index contributed by atoms with van der Waals surface area (Å²) in [5.41, 5.74) is 5.57. The maximum absolute atomic E-state index is 11.9. The van der Waals surface area contributed by atoms with Crippen molar-refractivity contribution in [1.29, 1.82) is 0 Å². The number of rotatable bonds is 7. The topological polar surface area (TPSA) is 115 Å². The minimum absolute atomic E-state index is 0.0122. The van der Waals surface area contributed by atoms with Crippen LogP contribution >= 0.6 is 0 Å². The van der Waals surface area contributed by atoms with Crippen LogP contribution < -0.4 is 10.5 Å². The highest BCUT2D eigenvalue weighted by Crippen LogP contribution is 2.15. The molecule has 0 radical (unpaired) electrons. The Morgan fingerprint density at radius 1 is 1.37 bits per heavy atom. The smallest absolute Gasteiger partial charge is 0.269 e. The zero-order valence-electron chi connectivity index (χ0n) is 10.6. The molecule has 0 aliphatic rings. The zero-order valence-corrected chi connectivity index (χ0v) is 11.4. The molecule has 19 heavy (non-hydrogen) atoms. The Balaban J connectivity index is 2.74. The molecule has 0 saturated carbocycles. The third kappa shape index (κ3) is 4.58. The van der Waals surface area contributed by atoms with Crippen molar-refractivity contribution in [3.63, 3.8) is 0 Å². The highest BCUT2D eigenvalue weighted by Gasteiger charge is 2.16. The molecule has 0 amide bonds. The number of hydrogen-bond acceptors (Lipinski definition) is 5.